The van der Waals surface area contributed by atoms with Gasteiger partial charge in [-0.25, -0.2) is 8.78 Å². The summed E-state index contributed by atoms with van der Waals surface area (Å²) in [5.41, 5.74) is 1.14. The number of aliphatic hydroxyl groups is 1. The third-order valence-electron chi connectivity index (χ3n) is 5.15. The first-order valence-corrected chi connectivity index (χ1v) is 7.95. The van der Waals surface area contributed by atoms with E-state index < -0.39 is 5.60 Å². The highest BCUT2D eigenvalue weighted by atomic mass is 19.1. The minimum atomic E-state index is -0.840. The molecule has 1 aliphatic rings. The molecule has 0 aromatic heterocycles. The van der Waals surface area contributed by atoms with Gasteiger partial charge in [-0.05, 0) is 31.2 Å². The van der Waals surface area contributed by atoms with Gasteiger partial charge >= 0.3 is 0 Å². The molecule has 0 radical (unpaired) electrons. The van der Waals surface area contributed by atoms with Crippen LogP contribution < -0.4 is 5.32 Å². The number of benzene rings is 2. The van der Waals surface area contributed by atoms with E-state index in [0.717, 1.165) is 11.1 Å². The zero-order chi connectivity index (χ0) is 16.6. The third kappa shape index (κ3) is 3.28. The lowest BCUT2D eigenvalue weighted by atomic mass is 9.73. The van der Waals surface area contributed by atoms with Gasteiger partial charge in [0, 0.05) is 23.5 Å². The zero-order valence-electron chi connectivity index (χ0n) is 13.3. The van der Waals surface area contributed by atoms with Gasteiger partial charge in [0.05, 0.1) is 5.60 Å². The molecule has 1 aliphatic heterocycles. The van der Waals surface area contributed by atoms with Crippen LogP contribution in [0.2, 0.25) is 0 Å². The molecule has 4 atom stereocenters. The summed E-state index contributed by atoms with van der Waals surface area (Å²) in [5.74, 6) is -0.511. The molecule has 2 aromatic rings. The molecule has 0 unspecified atom stereocenters. The Kier molecular flexibility index (Phi) is 4.21. The Morgan fingerprint density at radius 1 is 0.957 bits per heavy atom. The number of nitrogens with two attached hydrogens (primary N) is 1. The zero-order valence-corrected chi connectivity index (χ0v) is 13.3. The van der Waals surface area contributed by atoms with Crippen molar-refractivity contribution in [1.29, 1.82) is 0 Å². The highest BCUT2D eigenvalue weighted by Crippen LogP contribution is 2.38. The number of piperidine rings is 1. The molecule has 3 rings (SSSR count). The van der Waals surface area contributed by atoms with Gasteiger partial charge in [-0.2, -0.15) is 0 Å². The minimum absolute atomic E-state index is 0.0182. The monoisotopic (exact) mass is 318 g/mol. The second-order valence-corrected chi connectivity index (χ2v) is 6.78. The van der Waals surface area contributed by atoms with Gasteiger partial charge in [-0.15, -0.1) is 0 Å². The molecule has 1 heterocycles. The van der Waals surface area contributed by atoms with Crippen molar-refractivity contribution in [2.45, 2.75) is 38.0 Å². The van der Waals surface area contributed by atoms with Crippen molar-refractivity contribution in [3.05, 3.63) is 71.3 Å². The van der Waals surface area contributed by atoms with Crippen molar-refractivity contribution in [2.24, 2.45) is 5.92 Å². The molecule has 0 aliphatic carbocycles. The fourth-order valence-electron chi connectivity index (χ4n) is 3.53. The molecule has 0 saturated carbocycles. The van der Waals surface area contributed by atoms with Crippen LogP contribution in [0, 0.1) is 17.6 Å². The standard InChI is InChI=1S/C19H21F2NO/c1-12-18(14-5-9-16(21)10-6-14)22-17(11-19(12,2)23)13-3-7-15(20)8-4-13/h3-10,12,17-18,22-23H,11H2,1-2H3/p+1/t12-,17-,18-,19+/m0/s1. The van der Waals surface area contributed by atoms with Crippen molar-refractivity contribution in [2.75, 3.05) is 0 Å². The Morgan fingerprint density at radius 2 is 1.43 bits per heavy atom. The maximum atomic E-state index is 13.2. The van der Waals surface area contributed by atoms with Crippen LogP contribution >= 0.6 is 0 Å². The van der Waals surface area contributed by atoms with Crippen LogP contribution in [0.5, 0.6) is 0 Å². The van der Waals surface area contributed by atoms with Crippen molar-refractivity contribution in [1.82, 2.24) is 0 Å². The van der Waals surface area contributed by atoms with E-state index in [9.17, 15) is 13.9 Å². The van der Waals surface area contributed by atoms with E-state index >= 15 is 0 Å². The van der Waals surface area contributed by atoms with Crippen molar-refractivity contribution >= 4 is 0 Å². The second kappa shape index (κ2) is 6.02. The predicted molar refractivity (Wildman–Crippen MR) is 84.6 cm³/mol. The van der Waals surface area contributed by atoms with E-state index in [-0.39, 0.29) is 29.6 Å². The van der Waals surface area contributed by atoms with Crippen LogP contribution in [-0.2, 0) is 0 Å². The average molecular weight is 318 g/mol. The van der Waals surface area contributed by atoms with Gasteiger partial charge < -0.3 is 10.4 Å². The summed E-state index contributed by atoms with van der Waals surface area (Å²) in [4.78, 5) is 0. The normalized spacial score (nSPS) is 31.1. The molecule has 1 saturated heterocycles. The largest absolute Gasteiger partial charge is 0.389 e. The first-order chi connectivity index (χ1) is 10.9. The molecular formula is C19H22F2NO+. The van der Waals surface area contributed by atoms with E-state index in [2.05, 4.69) is 5.32 Å². The van der Waals surface area contributed by atoms with Crippen LogP contribution in [0.3, 0.4) is 0 Å². The van der Waals surface area contributed by atoms with Crippen LogP contribution in [0.25, 0.3) is 0 Å². The summed E-state index contributed by atoms with van der Waals surface area (Å²) in [6.07, 6.45) is 0.595. The third-order valence-corrected chi connectivity index (χ3v) is 5.15. The van der Waals surface area contributed by atoms with Gasteiger partial charge in [-0.1, -0.05) is 31.2 Å². The van der Waals surface area contributed by atoms with Crippen LogP contribution in [-0.4, -0.2) is 10.7 Å². The Morgan fingerprint density at radius 3 is 1.96 bits per heavy atom. The fourth-order valence-corrected chi connectivity index (χ4v) is 3.53. The average Bonchev–Trinajstić information content (AvgIpc) is 2.51. The topological polar surface area (TPSA) is 36.8 Å². The molecule has 23 heavy (non-hydrogen) atoms. The fraction of sp³-hybridized carbons (Fsp3) is 0.368. The number of quaternary nitrogens is 1. The van der Waals surface area contributed by atoms with E-state index in [1.165, 1.54) is 24.3 Å². The Labute approximate surface area is 135 Å². The number of halogens is 2. The van der Waals surface area contributed by atoms with Crippen LogP contribution in [0.4, 0.5) is 8.78 Å². The van der Waals surface area contributed by atoms with Gasteiger partial charge in [-0.3, -0.25) is 0 Å². The molecule has 4 heteroatoms. The highest BCUT2D eigenvalue weighted by molar-refractivity contribution is 5.23. The molecule has 0 spiro atoms. The second-order valence-electron chi connectivity index (χ2n) is 6.78. The number of hydrogen-bond acceptors (Lipinski definition) is 1. The molecule has 3 N–H and O–H groups in total. The van der Waals surface area contributed by atoms with Crippen molar-refractivity contribution in [3.63, 3.8) is 0 Å². The minimum Gasteiger partial charge on any atom is -0.389 e. The molecule has 0 bridgehead atoms. The van der Waals surface area contributed by atoms with E-state index in [1.807, 2.05) is 13.8 Å². The van der Waals surface area contributed by atoms with E-state index in [4.69, 9.17) is 0 Å². The van der Waals surface area contributed by atoms with Gasteiger partial charge in [0.1, 0.15) is 23.7 Å². The summed E-state index contributed by atoms with van der Waals surface area (Å²) in [6.45, 7) is 3.86. The Bertz CT molecular complexity index is 667. The smallest absolute Gasteiger partial charge is 0.123 e. The number of hydrogen-bond donors (Lipinski definition) is 2. The maximum absolute atomic E-state index is 13.2. The molecular weight excluding hydrogens is 296 g/mol. The molecule has 2 aromatic carbocycles. The highest BCUT2D eigenvalue weighted by Gasteiger charge is 2.46. The quantitative estimate of drug-likeness (QED) is 0.877. The summed E-state index contributed by atoms with van der Waals surface area (Å²) < 4.78 is 26.3. The Hall–Kier alpha value is -1.78. The van der Waals surface area contributed by atoms with Gasteiger partial charge in [0.25, 0.3) is 0 Å². The van der Waals surface area contributed by atoms with Crippen molar-refractivity contribution in [3.8, 4) is 0 Å². The first kappa shape index (κ1) is 16.1. The lowest BCUT2D eigenvalue weighted by Crippen LogP contribution is -2.91. The van der Waals surface area contributed by atoms with Gasteiger partial charge in [0.15, 0.2) is 0 Å². The molecule has 1 fully saturated rings. The summed E-state index contributed by atoms with van der Waals surface area (Å²) in [7, 11) is 0. The van der Waals surface area contributed by atoms with Crippen LogP contribution in [0.1, 0.15) is 43.5 Å². The first-order valence-electron chi connectivity index (χ1n) is 7.95. The van der Waals surface area contributed by atoms with Crippen molar-refractivity contribution < 1.29 is 19.2 Å². The van der Waals surface area contributed by atoms with E-state index in [0.29, 0.717) is 6.42 Å². The molecule has 0 amide bonds. The molecule has 2 nitrogen and oxygen atoms in total. The number of rotatable bonds is 2. The van der Waals surface area contributed by atoms with Crippen LogP contribution in [0.15, 0.2) is 48.5 Å². The van der Waals surface area contributed by atoms with E-state index in [1.54, 1.807) is 24.3 Å². The Balaban J connectivity index is 1.92. The summed E-state index contributed by atoms with van der Waals surface area (Å²) in [5, 5.41) is 13.0. The lowest BCUT2D eigenvalue weighted by Gasteiger charge is -2.43. The summed E-state index contributed by atoms with van der Waals surface area (Å²) >= 11 is 0. The maximum Gasteiger partial charge on any atom is 0.123 e. The molecule has 122 valence electrons. The lowest BCUT2D eigenvalue weighted by molar-refractivity contribution is -0.756. The summed E-state index contributed by atoms with van der Waals surface area (Å²) in [6, 6.07) is 12.9. The SMILES string of the molecule is C[C@H]1[C@@H](c2ccc(F)cc2)[NH2+][C@H](c2ccc(F)cc2)C[C@@]1(C)O. The van der Waals surface area contributed by atoms with Gasteiger partial charge in [0.2, 0.25) is 0 Å². The predicted octanol–water partition coefficient (Wildman–Crippen LogP) is 3.10.